The van der Waals surface area contributed by atoms with E-state index >= 15 is 0 Å². The first-order chi connectivity index (χ1) is 7.77. The fourth-order valence-corrected chi connectivity index (χ4v) is 1.73. The standard InChI is InChI=1S/C13H10BrNO/c14-11-8-4-5-9-12(11)15-13(16)10-6-2-1-3-7-10/h1-9H,(H,15,16). The van der Waals surface area contributed by atoms with Gasteiger partial charge in [-0.15, -0.1) is 0 Å². The lowest BCUT2D eigenvalue weighted by molar-refractivity contribution is 0.102. The summed E-state index contributed by atoms with van der Waals surface area (Å²) in [5.41, 5.74) is 1.43. The van der Waals surface area contributed by atoms with Crippen LogP contribution in [0.2, 0.25) is 0 Å². The molecule has 1 N–H and O–H groups in total. The molecule has 2 aromatic rings. The van der Waals surface area contributed by atoms with Crippen molar-refractivity contribution in [3.8, 4) is 0 Å². The van der Waals surface area contributed by atoms with Gasteiger partial charge in [-0.1, -0.05) is 30.3 Å². The number of anilines is 1. The Balaban J connectivity index is 2.18. The van der Waals surface area contributed by atoms with Crippen LogP contribution in [-0.4, -0.2) is 5.91 Å². The van der Waals surface area contributed by atoms with Crippen molar-refractivity contribution in [1.29, 1.82) is 0 Å². The van der Waals surface area contributed by atoms with E-state index in [0.29, 0.717) is 5.56 Å². The van der Waals surface area contributed by atoms with Gasteiger partial charge in [0.1, 0.15) is 0 Å². The van der Waals surface area contributed by atoms with Crippen molar-refractivity contribution in [3.05, 3.63) is 64.6 Å². The summed E-state index contributed by atoms with van der Waals surface area (Å²) in [5, 5.41) is 2.84. The number of carbonyl (C=O) groups is 1. The summed E-state index contributed by atoms with van der Waals surface area (Å²) in [7, 11) is 0. The van der Waals surface area contributed by atoms with Crippen LogP contribution in [0, 0.1) is 0 Å². The predicted molar refractivity (Wildman–Crippen MR) is 68.5 cm³/mol. The molecule has 0 unspecified atom stereocenters. The highest BCUT2D eigenvalue weighted by atomic mass is 79.9. The maximum absolute atomic E-state index is 11.8. The lowest BCUT2D eigenvalue weighted by atomic mass is 10.2. The van der Waals surface area contributed by atoms with E-state index < -0.39 is 0 Å². The molecule has 0 fully saturated rings. The number of amides is 1. The Morgan fingerprint density at radius 3 is 2.25 bits per heavy atom. The molecule has 0 saturated carbocycles. The van der Waals surface area contributed by atoms with E-state index in [2.05, 4.69) is 21.2 Å². The third-order valence-electron chi connectivity index (χ3n) is 2.16. The lowest BCUT2D eigenvalue weighted by Gasteiger charge is -2.06. The van der Waals surface area contributed by atoms with Gasteiger partial charge in [-0.05, 0) is 40.2 Å². The minimum atomic E-state index is -0.104. The zero-order valence-electron chi connectivity index (χ0n) is 8.48. The van der Waals surface area contributed by atoms with E-state index in [1.807, 2.05) is 42.5 Å². The van der Waals surface area contributed by atoms with E-state index in [-0.39, 0.29) is 5.91 Å². The molecular formula is C13H10BrNO. The summed E-state index contributed by atoms with van der Waals surface area (Å²) in [6.45, 7) is 0. The molecule has 0 aliphatic rings. The molecular weight excluding hydrogens is 266 g/mol. The second-order valence-corrected chi connectivity index (χ2v) is 4.15. The zero-order valence-corrected chi connectivity index (χ0v) is 10.1. The maximum Gasteiger partial charge on any atom is 0.255 e. The number of benzene rings is 2. The van der Waals surface area contributed by atoms with Gasteiger partial charge in [-0.2, -0.15) is 0 Å². The van der Waals surface area contributed by atoms with Crippen LogP contribution in [0.3, 0.4) is 0 Å². The summed E-state index contributed by atoms with van der Waals surface area (Å²) < 4.78 is 0.874. The maximum atomic E-state index is 11.8. The minimum absolute atomic E-state index is 0.104. The highest BCUT2D eigenvalue weighted by Gasteiger charge is 2.06. The third kappa shape index (κ3) is 2.49. The van der Waals surface area contributed by atoms with Crippen molar-refractivity contribution in [2.24, 2.45) is 0 Å². The molecule has 0 atom stereocenters. The predicted octanol–water partition coefficient (Wildman–Crippen LogP) is 3.70. The SMILES string of the molecule is O=C(Nc1ccccc1Br)c1ccccc1. The number of para-hydroxylation sites is 1. The van der Waals surface area contributed by atoms with Crippen molar-refractivity contribution >= 4 is 27.5 Å². The molecule has 0 aliphatic carbocycles. The largest absolute Gasteiger partial charge is 0.321 e. The summed E-state index contributed by atoms with van der Waals surface area (Å²) in [5.74, 6) is -0.104. The molecule has 0 spiro atoms. The number of rotatable bonds is 2. The first-order valence-corrected chi connectivity index (χ1v) is 5.67. The van der Waals surface area contributed by atoms with Gasteiger partial charge in [0.15, 0.2) is 0 Å². The van der Waals surface area contributed by atoms with Crippen molar-refractivity contribution in [2.75, 3.05) is 5.32 Å². The third-order valence-corrected chi connectivity index (χ3v) is 2.85. The van der Waals surface area contributed by atoms with Crippen LogP contribution < -0.4 is 5.32 Å². The van der Waals surface area contributed by atoms with Gasteiger partial charge >= 0.3 is 0 Å². The van der Waals surface area contributed by atoms with Gasteiger partial charge in [-0.3, -0.25) is 4.79 Å². The summed E-state index contributed by atoms with van der Waals surface area (Å²) in [4.78, 5) is 11.8. The molecule has 2 nitrogen and oxygen atoms in total. The molecule has 2 rings (SSSR count). The van der Waals surface area contributed by atoms with Gasteiger partial charge in [0.05, 0.1) is 5.69 Å². The lowest BCUT2D eigenvalue weighted by Crippen LogP contribution is -2.11. The van der Waals surface area contributed by atoms with Crippen molar-refractivity contribution in [1.82, 2.24) is 0 Å². The minimum Gasteiger partial charge on any atom is -0.321 e. The highest BCUT2D eigenvalue weighted by molar-refractivity contribution is 9.10. The first-order valence-electron chi connectivity index (χ1n) is 4.88. The average Bonchev–Trinajstić information content (AvgIpc) is 2.33. The Hall–Kier alpha value is -1.61. The number of nitrogens with one attached hydrogen (secondary N) is 1. The number of hydrogen-bond donors (Lipinski definition) is 1. The molecule has 0 heterocycles. The molecule has 0 radical (unpaired) electrons. The topological polar surface area (TPSA) is 29.1 Å². The summed E-state index contributed by atoms with van der Waals surface area (Å²) >= 11 is 3.38. The quantitative estimate of drug-likeness (QED) is 0.890. The molecule has 0 saturated heterocycles. The second kappa shape index (κ2) is 4.94. The number of carbonyl (C=O) groups excluding carboxylic acids is 1. The van der Waals surface area contributed by atoms with Crippen LogP contribution in [0.15, 0.2) is 59.1 Å². The van der Waals surface area contributed by atoms with E-state index in [9.17, 15) is 4.79 Å². The van der Waals surface area contributed by atoms with Gasteiger partial charge in [0, 0.05) is 10.0 Å². The van der Waals surface area contributed by atoms with Crippen LogP contribution in [-0.2, 0) is 0 Å². The molecule has 2 aromatic carbocycles. The summed E-state index contributed by atoms with van der Waals surface area (Å²) in [6.07, 6.45) is 0. The van der Waals surface area contributed by atoms with E-state index in [4.69, 9.17) is 0 Å². The highest BCUT2D eigenvalue weighted by Crippen LogP contribution is 2.21. The van der Waals surface area contributed by atoms with Crippen LogP contribution in [0.5, 0.6) is 0 Å². The molecule has 0 bridgehead atoms. The van der Waals surface area contributed by atoms with Crippen molar-refractivity contribution < 1.29 is 4.79 Å². The Bertz CT molecular complexity index is 496. The molecule has 1 amide bonds. The fourth-order valence-electron chi connectivity index (χ4n) is 1.35. The number of hydrogen-bond acceptors (Lipinski definition) is 1. The van der Waals surface area contributed by atoms with Gasteiger partial charge in [0.25, 0.3) is 5.91 Å². The van der Waals surface area contributed by atoms with E-state index in [0.717, 1.165) is 10.2 Å². The molecule has 3 heteroatoms. The average molecular weight is 276 g/mol. The Morgan fingerprint density at radius 2 is 1.56 bits per heavy atom. The van der Waals surface area contributed by atoms with Crippen LogP contribution in [0.4, 0.5) is 5.69 Å². The summed E-state index contributed by atoms with van der Waals surface area (Å²) in [6, 6.07) is 16.7. The Morgan fingerprint density at radius 1 is 0.938 bits per heavy atom. The van der Waals surface area contributed by atoms with Crippen LogP contribution >= 0.6 is 15.9 Å². The van der Waals surface area contributed by atoms with Gasteiger partial charge < -0.3 is 5.32 Å². The van der Waals surface area contributed by atoms with E-state index in [1.165, 1.54) is 0 Å². The fraction of sp³-hybridized carbons (Fsp3) is 0. The monoisotopic (exact) mass is 275 g/mol. The molecule has 80 valence electrons. The van der Waals surface area contributed by atoms with Crippen LogP contribution in [0.1, 0.15) is 10.4 Å². The van der Waals surface area contributed by atoms with Gasteiger partial charge in [-0.25, -0.2) is 0 Å². The first kappa shape index (κ1) is 10.9. The Labute approximate surface area is 102 Å². The molecule has 0 aromatic heterocycles. The zero-order chi connectivity index (χ0) is 11.4. The van der Waals surface area contributed by atoms with Crippen LogP contribution in [0.25, 0.3) is 0 Å². The molecule has 0 aliphatic heterocycles. The Kier molecular flexibility index (Phi) is 3.37. The smallest absolute Gasteiger partial charge is 0.255 e. The van der Waals surface area contributed by atoms with Gasteiger partial charge in [0.2, 0.25) is 0 Å². The van der Waals surface area contributed by atoms with Crippen molar-refractivity contribution in [2.45, 2.75) is 0 Å². The molecule has 16 heavy (non-hydrogen) atoms. The normalized spacial score (nSPS) is 9.81. The number of halogens is 1. The second-order valence-electron chi connectivity index (χ2n) is 3.30. The van der Waals surface area contributed by atoms with Crippen molar-refractivity contribution in [3.63, 3.8) is 0 Å². The van der Waals surface area contributed by atoms with E-state index in [1.54, 1.807) is 12.1 Å².